The van der Waals surface area contributed by atoms with E-state index < -0.39 is 0 Å². The standard InChI is InChI=1S/C25H24N4O/c1-16-7-5-9-20(14-16)24-27-23(25(30)26-21-10-6-8-17(2)15-21)28-29(24)22-12-11-18(3)13-19(22)4/h5-15H,1-4H3,(H,26,30). The molecule has 1 aromatic heterocycles. The molecule has 1 amide bonds. The van der Waals surface area contributed by atoms with Crippen LogP contribution in [0.25, 0.3) is 17.1 Å². The largest absolute Gasteiger partial charge is 0.319 e. The van der Waals surface area contributed by atoms with Crippen molar-refractivity contribution in [2.45, 2.75) is 27.7 Å². The molecule has 0 saturated carbocycles. The van der Waals surface area contributed by atoms with Crippen LogP contribution in [0, 0.1) is 27.7 Å². The van der Waals surface area contributed by atoms with Crippen molar-refractivity contribution < 1.29 is 4.79 Å². The van der Waals surface area contributed by atoms with E-state index in [1.807, 2.05) is 81.4 Å². The monoisotopic (exact) mass is 396 g/mol. The van der Waals surface area contributed by atoms with Crippen LogP contribution in [0.5, 0.6) is 0 Å². The first-order valence-corrected chi connectivity index (χ1v) is 9.90. The van der Waals surface area contributed by atoms with Crippen molar-refractivity contribution in [1.82, 2.24) is 14.8 Å². The second kappa shape index (κ2) is 7.95. The SMILES string of the molecule is Cc1cccc(NC(=O)c2nc(-c3cccc(C)c3)n(-c3ccc(C)cc3C)n2)c1. The van der Waals surface area contributed by atoms with Gasteiger partial charge < -0.3 is 5.32 Å². The molecule has 1 heterocycles. The minimum absolute atomic E-state index is 0.132. The van der Waals surface area contributed by atoms with Gasteiger partial charge in [0.25, 0.3) is 5.91 Å². The molecule has 3 aromatic carbocycles. The summed E-state index contributed by atoms with van der Waals surface area (Å²) in [7, 11) is 0. The zero-order valence-electron chi connectivity index (χ0n) is 17.6. The molecule has 30 heavy (non-hydrogen) atoms. The summed E-state index contributed by atoms with van der Waals surface area (Å²) in [6, 6.07) is 21.9. The van der Waals surface area contributed by atoms with Gasteiger partial charge in [-0.1, -0.05) is 53.6 Å². The first kappa shape index (κ1) is 19.6. The molecule has 1 N–H and O–H groups in total. The highest BCUT2D eigenvalue weighted by atomic mass is 16.2. The fourth-order valence-corrected chi connectivity index (χ4v) is 3.50. The highest BCUT2D eigenvalue weighted by Crippen LogP contribution is 2.25. The molecule has 0 fully saturated rings. The molecule has 4 rings (SSSR count). The van der Waals surface area contributed by atoms with Crippen molar-refractivity contribution in [1.29, 1.82) is 0 Å². The summed E-state index contributed by atoms with van der Waals surface area (Å²) in [6.07, 6.45) is 0. The Morgan fingerprint density at radius 2 is 1.53 bits per heavy atom. The maximum atomic E-state index is 12.9. The summed E-state index contributed by atoms with van der Waals surface area (Å²) in [6.45, 7) is 8.11. The smallest absolute Gasteiger partial charge is 0.295 e. The summed E-state index contributed by atoms with van der Waals surface area (Å²) in [5.74, 6) is 0.436. The highest BCUT2D eigenvalue weighted by Gasteiger charge is 2.20. The summed E-state index contributed by atoms with van der Waals surface area (Å²) >= 11 is 0. The molecule has 5 nitrogen and oxygen atoms in total. The Morgan fingerprint density at radius 3 is 2.23 bits per heavy atom. The topological polar surface area (TPSA) is 59.8 Å². The second-order valence-electron chi connectivity index (χ2n) is 7.65. The maximum absolute atomic E-state index is 12.9. The van der Waals surface area contributed by atoms with Gasteiger partial charge in [0.2, 0.25) is 5.82 Å². The zero-order valence-corrected chi connectivity index (χ0v) is 17.6. The van der Waals surface area contributed by atoms with Crippen LogP contribution in [0.3, 0.4) is 0 Å². The zero-order chi connectivity index (χ0) is 21.3. The Bertz CT molecular complexity index is 1240. The number of hydrogen-bond donors (Lipinski definition) is 1. The van der Waals surface area contributed by atoms with Crippen molar-refractivity contribution >= 4 is 11.6 Å². The van der Waals surface area contributed by atoms with Crippen LogP contribution in [0.2, 0.25) is 0 Å². The van der Waals surface area contributed by atoms with Crippen molar-refractivity contribution in [3.05, 3.63) is 94.8 Å². The van der Waals surface area contributed by atoms with E-state index in [2.05, 4.69) is 28.4 Å². The number of amides is 1. The van der Waals surface area contributed by atoms with Gasteiger partial charge in [-0.25, -0.2) is 9.67 Å². The molecule has 0 atom stereocenters. The number of aryl methyl sites for hydroxylation is 4. The third-order valence-electron chi connectivity index (χ3n) is 4.94. The first-order valence-electron chi connectivity index (χ1n) is 9.90. The van der Waals surface area contributed by atoms with E-state index in [0.29, 0.717) is 5.82 Å². The number of anilines is 1. The van der Waals surface area contributed by atoms with Crippen molar-refractivity contribution in [2.24, 2.45) is 0 Å². The predicted molar refractivity (Wildman–Crippen MR) is 120 cm³/mol. The highest BCUT2D eigenvalue weighted by molar-refractivity contribution is 6.01. The van der Waals surface area contributed by atoms with E-state index in [4.69, 9.17) is 0 Å². The molecule has 0 unspecified atom stereocenters. The van der Waals surface area contributed by atoms with E-state index in [9.17, 15) is 4.79 Å². The molecule has 150 valence electrons. The molecule has 0 spiro atoms. The van der Waals surface area contributed by atoms with E-state index in [1.54, 1.807) is 4.68 Å². The molecule has 0 aliphatic rings. The lowest BCUT2D eigenvalue weighted by Gasteiger charge is -2.10. The lowest BCUT2D eigenvalue weighted by Crippen LogP contribution is -2.14. The number of carbonyl (C=O) groups excluding carboxylic acids is 1. The van der Waals surface area contributed by atoms with Gasteiger partial charge in [0.15, 0.2) is 5.82 Å². The Labute approximate surface area is 176 Å². The number of hydrogen-bond acceptors (Lipinski definition) is 3. The van der Waals surface area contributed by atoms with Crippen molar-refractivity contribution in [3.8, 4) is 17.1 Å². The second-order valence-corrected chi connectivity index (χ2v) is 7.65. The van der Waals surface area contributed by atoms with Gasteiger partial charge in [-0.3, -0.25) is 4.79 Å². The van der Waals surface area contributed by atoms with Gasteiger partial charge in [-0.15, -0.1) is 5.10 Å². The predicted octanol–water partition coefficient (Wildman–Crippen LogP) is 5.42. The first-order chi connectivity index (χ1) is 14.4. The lowest BCUT2D eigenvalue weighted by molar-refractivity contribution is 0.101. The Kier molecular flexibility index (Phi) is 5.19. The Hall–Kier alpha value is -3.73. The quantitative estimate of drug-likeness (QED) is 0.501. The van der Waals surface area contributed by atoms with E-state index >= 15 is 0 Å². The van der Waals surface area contributed by atoms with Crippen LogP contribution in [0.4, 0.5) is 5.69 Å². The van der Waals surface area contributed by atoms with Gasteiger partial charge in [-0.05, 0) is 63.1 Å². The van der Waals surface area contributed by atoms with Crippen LogP contribution >= 0.6 is 0 Å². The van der Waals surface area contributed by atoms with E-state index in [-0.39, 0.29) is 11.7 Å². The Balaban J connectivity index is 1.80. The van der Waals surface area contributed by atoms with Gasteiger partial charge >= 0.3 is 0 Å². The van der Waals surface area contributed by atoms with Gasteiger partial charge in [0.1, 0.15) is 0 Å². The fourth-order valence-electron chi connectivity index (χ4n) is 3.50. The molecule has 0 saturated heterocycles. The normalized spacial score (nSPS) is 10.8. The van der Waals surface area contributed by atoms with E-state index in [1.165, 1.54) is 5.56 Å². The van der Waals surface area contributed by atoms with Gasteiger partial charge in [-0.2, -0.15) is 0 Å². The maximum Gasteiger partial charge on any atom is 0.295 e. The minimum atomic E-state index is -0.335. The number of carbonyl (C=O) groups is 1. The van der Waals surface area contributed by atoms with Gasteiger partial charge in [0, 0.05) is 11.3 Å². The van der Waals surface area contributed by atoms with Crippen LogP contribution < -0.4 is 5.32 Å². The molecule has 0 aliphatic carbocycles. The molecule has 4 aromatic rings. The summed E-state index contributed by atoms with van der Waals surface area (Å²) in [4.78, 5) is 17.5. The minimum Gasteiger partial charge on any atom is -0.319 e. The number of benzene rings is 3. The number of aromatic nitrogens is 3. The molecular weight excluding hydrogens is 372 g/mol. The summed E-state index contributed by atoms with van der Waals surface area (Å²) < 4.78 is 1.76. The average molecular weight is 396 g/mol. The summed E-state index contributed by atoms with van der Waals surface area (Å²) in [5.41, 5.74) is 6.97. The average Bonchev–Trinajstić information content (AvgIpc) is 3.13. The van der Waals surface area contributed by atoms with E-state index in [0.717, 1.165) is 33.6 Å². The lowest BCUT2D eigenvalue weighted by atomic mass is 10.1. The molecular formula is C25H24N4O. The van der Waals surface area contributed by atoms with Crippen LogP contribution in [-0.2, 0) is 0 Å². The summed E-state index contributed by atoms with van der Waals surface area (Å²) in [5, 5.41) is 7.49. The number of nitrogens with one attached hydrogen (secondary N) is 1. The molecule has 0 aliphatic heterocycles. The molecule has 5 heteroatoms. The van der Waals surface area contributed by atoms with Crippen molar-refractivity contribution in [3.63, 3.8) is 0 Å². The molecule has 0 bridgehead atoms. The third-order valence-corrected chi connectivity index (χ3v) is 4.94. The third kappa shape index (κ3) is 4.01. The van der Waals surface area contributed by atoms with Crippen molar-refractivity contribution in [2.75, 3.05) is 5.32 Å². The van der Waals surface area contributed by atoms with Gasteiger partial charge in [0.05, 0.1) is 5.69 Å². The Morgan fingerprint density at radius 1 is 0.833 bits per heavy atom. The van der Waals surface area contributed by atoms with Crippen LogP contribution in [0.1, 0.15) is 32.9 Å². The molecule has 0 radical (unpaired) electrons. The number of nitrogens with zero attached hydrogens (tertiary/aromatic N) is 3. The number of rotatable bonds is 4. The fraction of sp³-hybridized carbons (Fsp3) is 0.160. The van der Waals surface area contributed by atoms with Crippen LogP contribution in [0.15, 0.2) is 66.7 Å². The van der Waals surface area contributed by atoms with Crippen LogP contribution in [-0.4, -0.2) is 20.7 Å².